The number of cyclic esters (lactones) is 1. The molecule has 0 aromatic heterocycles. The van der Waals surface area contributed by atoms with Gasteiger partial charge in [-0.15, -0.1) is 0 Å². The number of esters is 2. The highest BCUT2D eigenvalue weighted by Gasteiger charge is 2.53. The van der Waals surface area contributed by atoms with Crippen molar-refractivity contribution >= 4 is 35.2 Å². The summed E-state index contributed by atoms with van der Waals surface area (Å²) in [6.45, 7) is 12.8. The Kier molecular flexibility index (Phi) is 23.3. The summed E-state index contributed by atoms with van der Waals surface area (Å²) in [6.07, 6.45) is 16.2. The maximum Gasteiger partial charge on any atom is 0.329 e. The van der Waals surface area contributed by atoms with E-state index in [2.05, 4.69) is 0 Å². The average Bonchev–Trinajstić information content (AvgIpc) is 3.38. The van der Waals surface area contributed by atoms with E-state index in [0.29, 0.717) is 63.4 Å². The Morgan fingerprint density at radius 1 is 0.808 bits per heavy atom. The molecule has 2 bridgehead atoms. The van der Waals surface area contributed by atoms with Gasteiger partial charge in [0.05, 0.1) is 24.2 Å². The van der Waals surface area contributed by atoms with E-state index in [1.54, 1.807) is 41.1 Å². The van der Waals surface area contributed by atoms with Crippen LogP contribution in [0, 0.1) is 41.4 Å². The highest BCUT2D eigenvalue weighted by atomic mass is 16.6. The number of nitrogens with zero attached hydrogens (tertiary/aromatic N) is 1. The minimum absolute atomic E-state index is 0.0109. The Balaban J connectivity index is 1.44. The van der Waals surface area contributed by atoms with Crippen molar-refractivity contribution in [3.8, 4) is 0 Å². The second-order valence-corrected chi connectivity index (χ2v) is 22.3. The zero-order valence-electron chi connectivity index (χ0n) is 45.6. The van der Waals surface area contributed by atoms with Crippen molar-refractivity contribution in [1.29, 1.82) is 0 Å². The number of allylic oxidation sites excluding steroid dienone is 6. The largest absolute Gasteiger partial charge is 0.460 e. The Morgan fingerprint density at radius 3 is 2.21 bits per heavy atom. The van der Waals surface area contributed by atoms with Crippen LogP contribution in [0.3, 0.4) is 0 Å². The summed E-state index contributed by atoms with van der Waals surface area (Å²) in [5, 5.41) is 23.6. The summed E-state index contributed by atoms with van der Waals surface area (Å²) >= 11 is 0. The molecule has 1 amide bonds. The van der Waals surface area contributed by atoms with Gasteiger partial charge in [0.15, 0.2) is 5.78 Å². The number of hydrogen-bond acceptors (Lipinski definition) is 14. The fourth-order valence-electron chi connectivity index (χ4n) is 11.8. The molecular weight excluding hydrogens is 935 g/mol. The first-order valence-corrected chi connectivity index (χ1v) is 27.4. The maximum absolute atomic E-state index is 14.6. The van der Waals surface area contributed by atoms with Crippen molar-refractivity contribution in [1.82, 2.24) is 4.90 Å². The quantitative estimate of drug-likeness (QED) is 0.134. The van der Waals surface area contributed by atoms with Gasteiger partial charge in [0.1, 0.15) is 36.2 Å². The molecule has 5 rings (SSSR count). The summed E-state index contributed by atoms with van der Waals surface area (Å²) in [7, 11) is 4.58. The lowest BCUT2D eigenvalue weighted by Crippen LogP contribution is -2.61. The molecule has 15 nitrogen and oxygen atoms in total. The molecule has 15 atom stereocenters. The van der Waals surface area contributed by atoms with Gasteiger partial charge in [0.25, 0.3) is 11.7 Å². The molecule has 15 heteroatoms. The molecular formula is C58H89NO14. The fraction of sp³-hybridized carbons (Fsp3) is 0.759. The number of methoxy groups -OCH3 is 3. The van der Waals surface area contributed by atoms with Crippen LogP contribution in [0.5, 0.6) is 0 Å². The van der Waals surface area contributed by atoms with E-state index in [4.69, 9.17) is 28.4 Å². The molecule has 15 unspecified atom stereocenters. The lowest BCUT2D eigenvalue weighted by Gasteiger charge is -2.42. The second-order valence-electron chi connectivity index (χ2n) is 22.3. The minimum Gasteiger partial charge on any atom is -0.460 e. The van der Waals surface area contributed by atoms with E-state index in [1.165, 1.54) is 12.0 Å². The fourth-order valence-corrected chi connectivity index (χ4v) is 11.8. The molecule has 3 aliphatic heterocycles. The van der Waals surface area contributed by atoms with Crippen molar-refractivity contribution < 1.29 is 67.4 Å². The lowest BCUT2D eigenvalue weighted by molar-refractivity contribution is -0.265. The number of carbonyl (C=O) groups is 6. The van der Waals surface area contributed by atoms with Crippen molar-refractivity contribution in [2.45, 2.75) is 212 Å². The Morgan fingerprint density at radius 2 is 1.52 bits per heavy atom. The van der Waals surface area contributed by atoms with Crippen LogP contribution in [0.1, 0.15) is 158 Å². The standard InChI is InChI=1S/C58H89NO14/c1-35-19-13-11-14-20-36(2)48(68-8)33-44-26-24-41(7)58(67,73-44)54(63)55(64)59-28-18-17-23-45(59)57(66)72-49(34-46(60)37(3)30-40(6)52(62)53(70-10)51(61)39(5)29-35)38(4)31-42-25-27-47(50(32-42)69-9)71-56(65)43-21-15-12-16-22-43/h11,13-14,19-20,30,35,37-39,41-45,47-50,52-53,62,67H,12,15-18,21-29,31-34H2,1-10H3/b14-11+,19-13+,36-20+,40-30+. The molecule has 0 spiro atoms. The van der Waals surface area contributed by atoms with Crippen molar-refractivity contribution in [3.63, 3.8) is 0 Å². The van der Waals surface area contributed by atoms with Crippen LogP contribution in [-0.4, -0.2) is 133 Å². The summed E-state index contributed by atoms with van der Waals surface area (Å²) in [5.74, 6) is -8.36. The van der Waals surface area contributed by atoms with E-state index in [9.17, 15) is 39.0 Å². The van der Waals surface area contributed by atoms with Gasteiger partial charge in [-0.1, -0.05) is 90.3 Å². The number of aliphatic hydroxyl groups excluding tert-OH is 1. The number of fused-ring (bicyclic) bond motifs is 3. The van der Waals surface area contributed by atoms with Gasteiger partial charge < -0.3 is 43.5 Å². The van der Waals surface area contributed by atoms with Gasteiger partial charge in [0, 0.05) is 58.5 Å². The normalized spacial score (nSPS) is 38.7. The van der Waals surface area contributed by atoms with Gasteiger partial charge in [-0.3, -0.25) is 24.0 Å². The van der Waals surface area contributed by atoms with Gasteiger partial charge >= 0.3 is 11.9 Å². The molecule has 0 radical (unpaired) electrons. The summed E-state index contributed by atoms with van der Waals surface area (Å²) in [5.41, 5.74) is 1.26. The minimum atomic E-state index is -2.44. The molecule has 410 valence electrons. The van der Waals surface area contributed by atoms with Crippen LogP contribution >= 0.6 is 0 Å². The first-order valence-electron chi connectivity index (χ1n) is 27.4. The number of ketones is 3. The third kappa shape index (κ3) is 16.1. The highest BCUT2D eigenvalue weighted by Crippen LogP contribution is 2.39. The number of ether oxygens (including phenoxy) is 6. The van der Waals surface area contributed by atoms with Crippen LogP contribution in [0.15, 0.2) is 47.6 Å². The number of carbonyl (C=O) groups excluding carboxylic acids is 6. The summed E-state index contributed by atoms with van der Waals surface area (Å²) < 4.78 is 36.0. The molecule has 73 heavy (non-hydrogen) atoms. The van der Waals surface area contributed by atoms with E-state index < -0.39 is 77.8 Å². The van der Waals surface area contributed by atoms with Gasteiger partial charge in [0.2, 0.25) is 5.79 Å². The summed E-state index contributed by atoms with van der Waals surface area (Å²) in [6, 6.07) is -1.16. The van der Waals surface area contributed by atoms with E-state index >= 15 is 0 Å². The van der Waals surface area contributed by atoms with Crippen molar-refractivity contribution in [2.75, 3.05) is 27.9 Å². The number of piperidine rings is 1. The number of amides is 1. The van der Waals surface area contributed by atoms with E-state index in [1.807, 2.05) is 58.1 Å². The molecule has 3 heterocycles. The number of rotatable bonds is 8. The average molecular weight is 1020 g/mol. The molecule has 2 saturated heterocycles. The van der Waals surface area contributed by atoms with E-state index in [-0.39, 0.29) is 72.8 Å². The Bertz CT molecular complexity index is 2000. The van der Waals surface area contributed by atoms with Gasteiger partial charge in [-0.05, 0) is 120 Å². The molecule has 2 N–H and O–H groups in total. The van der Waals surface area contributed by atoms with Crippen LogP contribution < -0.4 is 0 Å². The topological polar surface area (TPSA) is 201 Å². The Labute approximate surface area is 435 Å². The third-order valence-electron chi connectivity index (χ3n) is 16.7. The van der Waals surface area contributed by atoms with Gasteiger partial charge in [-0.25, -0.2) is 4.79 Å². The van der Waals surface area contributed by atoms with E-state index in [0.717, 1.165) is 44.1 Å². The van der Waals surface area contributed by atoms with Crippen LogP contribution in [-0.2, 0) is 57.2 Å². The van der Waals surface area contributed by atoms with Crippen LogP contribution in [0.4, 0.5) is 0 Å². The highest BCUT2D eigenvalue weighted by molar-refractivity contribution is 6.39. The lowest BCUT2D eigenvalue weighted by atomic mass is 9.78. The van der Waals surface area contributed by atoms with Crippen LogP contribution in [0.2, 0.25) is 0 Å². The molecule has 5 aliphatic rings. The second kappa shape index (κ2) is 28.3. The first kappa shape index (κ1) is 60.0. The maximum atomic E-state index is 14.6. The van der Waals surface area contributed by atoms with Crippen LogP contribution in [0.25, 0.3) is 0 Å². The van der Waals surface area contributed by atoms with Crippen molar-refractivity contribution in [2.24, 2.45) is 41.4 Å². The predicted molar refractivity (Wildman–Crippen MR) is 276 cm³/mol. The molecule has 0 aromatic carbocycles. The SMILES string of the molecule is COC1CC2CCC(C)C(O)(O2)C(=O)C(=O)N2CCCCC2C(=O)OC(C(C)CC2CCC(OC(=O)C3CCCCC3)C(OC)C2)CC(=O)C(C)/C=C(\C)C(O)C(OC)C(=O)C(C)CC(C)/C=C/C=C/C=C/1C. The number of aliphatic hydroxyl groups is 2. The van der Waals surface area contributed by atoms with Crippen molar-refractivity contribution in [3.05, 3.63) is 47.6 Å². The molecule has 2 saturated carbocycles. The molecule has 0 aromatic rings. The third-order valence-corrected chi connectivity index (χ3v) is 16.7. The molecule has 4 fully saturated rings. The smallest absolute Gasteiger partial charge is 0.329 e. The summed E-state index contributed by atoms with van der Waals surface area (Å²) in [4.78, 5) is 85.8. The predicted octanol–water partition coefficient (Wildman–Crippen LogP) is 8.31. The number of Topliss-reactive ketones (excluding diaryl/α,β-unsaturated/α-hetero) is 3. The monoisotopic (exact) mass is 1020 g/mol. The van der Waals surface area contributed by atoms with Gasteiger partial charge in [-0.2, -0.15) is 0 Å². The molecule has 2 aliphatic carbocycles. The first-order chi connectivity index (χ1) is 34.7. The number of hydrogen-bond donors (Lipinski definition) is 2. The zero-order valence-corrected chi connectivity index (χ0v) is 45.6. The zero-order chi connectivity index (χ0) is 53.6. The Hall–Kier alpha value is -3.86.